The Hall–Kier alpha value is -2.47. The number of aliphatic hydroxyl groups is 1. The molecule has 6 heteroatoms. The molecule has 116 valence electrons. The minimum Gasteiger partial charge on any atom is -0.389 e. The van der Waals surface area contributed by atoms with Gasteiger partial charge in [-0.25, -0.2) is 4.79 Å². The van der Waals surface area contributed by atoms with E-state index in [1.54, 1.807) is 30.9 Å². The lowest BCUT2D eigenvalue weighted by atomic mass is 10.1. The van der Waals surface area contributed by atoms with E-state index in [9.17, 15) is 9.90 Å². The fraction of sp³-hybridized carbons (Fsp3) is 0.312. The average Bonchev–Trinajstić information content (AvgIpc) is 2.47. The van der Waals surface area contributed by atoms with Gasteiger partial charge in [0.05, 0.1) is 12.1 Å². The van der Waals surface area contributed by atoms with Gasteiger partial charge >= 0.3 is 6.03 Å². The van der Waals surface area contributed by atoms with Gasteiger partial charge in [-0.15, -0.1) is 5.10 Å². The molecule has 2 rings (SSSR count). The summed E-state index contributed by atoms with van der Waals surface area (Å²) in [6, 6.07) is 12.7. The number of anilines is 1. The van der Waals surface area contributed by atoms with E-state index in [2.05, 4.69) is 15.5 Å². The largest absolute Gasteiger partial charge is 0.389 e. The van der Waals surface area contributed by atoms with Crippen LogP contribution in [-0.2, 0) is 6.54 Å². The van der Waals surface area contributed by atoms with Gasteiger partial charge in [0.15, 0.2) is 5.82 Å². The van der Waals surface area contributed by atoms with Crippen LogP contribution < -0.4 is 5.32 Å². The molecule has 0 fully saturated rings. The van der Waals surface area contributed by atoms with Crippen molar-refractivity contribution in [1.29, 1.82) is 0 Å². The van der Waals surface area contributed by atoms with E-state index in [0.717, 1.165) is 5.56 Å². The first-order chi connectivity index (χ1) is 10.4. The number of hydrogen-bond acceptors (Lipinski definition) is 4. The number of urea groups is 1. The number of hydrogen-bond donors (Lipinski definition) is 2. The van der Waals surface area contributed by atoms with Crippen molar-refractivity contribution in [2.24, 2.45) is 0 Å². The standard InChI is InChI=1S/C16H20N4O2/c1-16(2,22)12-20(11-13-7-4-3-5-8-13)15(21)18-14-9-6-10-17-19-14/h3-10,22H,11-12H2,1-2H3,(H,18,19,21). The zero-order valence-electron chi connectivity index (χ0n) is 12.7. The molecule has 0 atom stereocenters. The van der Waals surface area contributed by atoms with Crippen LogP contribution >= 0.6 is 0 Å². The summed E-state index contributed by atoms with van der Waals surface area (Å²) in [5.41, 5.74) is -0.00450. The monoisotopic (exact) mass is 300 g/mol. The highest BCUT2D eigenvalue weighted by Gasteiger charge is 2.23. The second-order valence-electron chi connectivity index (χ2n) is 5.69. The highest BCUT2D eigenvalue weighted by molar-refractivity contribution is 5.88. The van der Waals surface area contributed by atoms with E-state index in [1.807, 2.05) is 30.3 Å². The number of aromatic nitrogens is 2. The summed E-state index contributed by atoms with van der Waals surface area (Å²) in [5, 5.41) is 20.3. The van der Waals surface area contributed by atoms with Crippen LogP contribution in [0.15, 0.2) is 48.7 Å². The number of rotatable bonds is 5. The van der Waals surface area contributed by atoms with E-state index in [1.165, 1.54) is 6.20 Å². The number of nitrogens with zero attached hydrogens (tertiary/aromatic N) is 3. The minimum absolute atomic E-state index is 0.202. The summed E-state index contributed by atoms with van der Waals surface area (Å²) in [6.45, 7) is 3.94. The minimum atomic E-state index is -0.992. The first-order valence-corrected chi connectivity index (χ1v) is 7.04. The van der Waals surface area contributed by atoms with Crippen molar-refractivity contribution in [2.45, 2.75) is 26.0 Å². The first-order valence-electron chi connectivity index (χ1n) is 7.04. The summed E-state index contributed by atoms with van der Waals surface area (Å²) in [6.07, 6.45) is 1.54. The highest BCUT2D eigenvalue weighted by atomic mass is 16.3. The molecule has 0 aliphatic rings. The van der Waals surface area contributed by atoms with Gasteiger partial charge in [0, 0.05) is 12.7 Å². The van der Waals surface area contributed by atoms with Crippen molar-refractivity contribution in [2.75, 3.05) is 11.9 Å². The molecule has 0 unspecified atom stereocenters. The van der Waals surface area contributed by atoms with Crippen molar-refractivity contribution >= 4 is 11.8 Å². The summed E-state index contributed by atoms with van der Waals surface area (Å²) in [4.78, 5) is 14.0. The molecule has 0 radical (unpaired) electrons. The van der Waals surface area contributed by atoms with Crippen molar-refractivity contribution in [3.63, 3.8) is 0 Å². The number of carbonyl (C=O) groups is 1. The van der Waals surface area contributed by atoms with Crippen LogP contribution in [0.4, 0.5) is 10.6 Å². The van der Waals surface area contributed by atoms with Gasteiger partial charge in [0.2, 0.25) is 0 Å². The number of carbonyl (C=O) groups excluding carboxylic acids is 1. The lowest BCUT2D eigenvalue weighted by molar-refractivity contribution is 0.0469. The van der Waals surface area contributed by atoms with Gasteiger partial charge in [0.1, 0.15) is 0 Å². The Bertz CT molecular complexity index is 597. The number of benzene rings is 1. The third-order valence-electron chi connectivity index (χ3n) is 2.89. The fourth-order valence-electron chi connectivity index (χ4n) is 2.03. The van der Waals surface area contributed by atoms with Crippen LogP contribution in [0.2, 0.25) is 0 Å². The molecule has 0 aliphatic heterocycles. The molecule has 1 aromatic carbocycles. The Balaban J connectivity index is 2.11. The number of amides is 2. The Morgan fingerprint density at radius 2 is 1.95 bits per heavy atom. The smallest absolute Gasteiger partial charge is 0.323 e. The van der Waals surface area contributed by atoms with E-state index in [-0.39, 0.29) is 12.6 Å². The maximum atomic E-state index is 12.4. The van der Waals surface area contributed by atoms with Gasteiger partial charge < -0.3 is 10.0 Å². The van der Waals surface area contributed by atoms with Crippen LogP contribution in [0.5, 0.6) is 0 Å². The van der Waals surface area contributed by atoms with Gasteiger partial charge in [-0.05, 0) is 31.5 Å². The SMILES string of the molecule is CC(C)(O)CN(Cc1ccccc1)C(=O)Nc1cccnn1. The van der Waals surface area contributed by atoms with Gasteiger partial charge in [-0.3, -0.25) is 5.32 Å². The Labute approximate surface area is 129 Å². The Kier molecular flexibility index (Phi) is 5.06. The van der Waals surface area contributed by atoms with Crippen LogP contribution in [0.1, 0.15) is 19.4 Å². The molecule has 0 saturated heterocycles. The quantitative estimate of drug-likeness (QED) is 0.888. The summed E-state index contributed by atoms with van der Waals surface area (Å²) >= 11 is 0. The van der Waals surface area contributed by atoms with Gasteiger partial charge in [0.25, 0.3) is 0 Å². The van der Waals surface area contributed by atoms with E-state index >= 15 is 0 Å². The maximum absolute atomic E-state index is 12.4. The molecule has 1 heterocycles. The third-order valence-corrected chi connectivity index (χ3v) is 2.89. The molecule has 2 N–H and O–H groups in total. The molecule has 6 nitrogen and oxygen atoms in total. The van der Waals surface area contributed by atoms with Gasteiger partial charge in [-0.1, -0.05) is 30.3 Å². The van der Waals surface area contributed by atoms with Crippen LogP contribution in [0.3, 0.4) is 0 Å². The summed E-state index contributed by atoms with van der Waals surface area (Å²) in [7, 11) is 0. The normalized spacial score (nSPS) is 11.0. The lowest BCUT2D eigenvalue weighted by Crippen LogP contribution is -2.43. The van der Waals surface area contributed by atoms with Gasteiger partial charge in [-0.2, -0.15) is 5.10 Å². The first kappa shape index (κ1) is 15.9. The van der Waals surface area contributed by atoms with Crippen LogP contribution in [0.25, 0.3) is 0 Å². The molecule has 0 aliphatic carbocycles. The van der Waals surface area contributed by atoms with Crippen LogP contribution in [-0.4, -0.2) is 38.4 Å². The fourth-order valence-corrected chi connectivity index (χ4v) is 2.03. The molecule has 0 bridgehead atoms. The highest BCUT2D eigenvalue weighted by Crippen LogP contribution is 2.12. The van der Waals surface area contributed by atoms with Crippen molar-refractivity contribution in [3.8, 4) is 0 Å². The zero-order valence-corrected chi connectivity index (χ0v) is 12.7. The van der Waals surface area contributed by atoms with Crippen molar-refractivity contribution in [1.82, 2.24) is 15.1 Å². The molecule has 1 aromatic heterocycles. The van der Waals surface area contributed by atoms with Crippen molar-refractivity contribution in [3.05, 3.63) is 54.2 Å². The Morgan fingerprint density at radius 1 is 1.23 bits per heavy atom. The predicted octanol–water partition coefficient (Wildman–Crippen LogP) is 2.28. The second kappa shape index (κ2) is 7.00. The number of nitrogens with one attached hydrogen (secondary N) is 1. The Morgan fingerprint density at radius 3 is 2.55 bits per heavy atom. The molecule has 2 amide bonds. The van der Waals surface area contributed by atoms with Crippen molar-refractivity contribution < 1.29 is 9.90 Å². The zero-order chi connectivity index (χ0) is 16.0. The molecular formula is C16H20N4O2. The second-order valence-corrected chi connectivity index (χ2v) is 5.69. The van der Waals surface area contributed by atoms with E-state index in [4.69, 9.17) is 0 Å². The molecule has 0 spiro atoms. The van der Waals surface area contributed by atoms with Crippen LogP contribution in [0, 0.1) is 0 Å². The summed E-state index contributed by atoms with van der Waals surface area (Å²) in [5.74, 6) is 0.376. The predicted molar refractivity (Wildman–Crippen MR) is 84.2 cm³/mol. The maximum Gasteiger partial charge on any atom is 0.323 e. The molecule has 22 heavy (non-hydrogen) atoms. The molecular weight excluding hydrogens is 280 g/mol. The van der Waals surface area contributed by atoms with E-state index < -0.39 is 5.60 Å². The summed E-state index contributed by atoms with van der Waals surface area (Å²) < 4.78 is 0. The third kappa shape index (κ3) is 5.14. The average molecular weight is 300 g/mol. The van der Waals surface area contributed by atoms with E-state index in [0.29, 0.717) is 12.4 Å². The molecule has 2 aromatic rings. The topological polar surface area (TPSA) is 78.4 Å². The lowest BCUT2D eigenvalue weighted by Gasteiger charge is -2.29. The molecule has 0 saturated carbocycles.